The molecule has 0 spiro atoms. The third-order valence-corrected chi connectivity index (χ3v) is 3.10. The van der Waals surface area contributed by atoms with Crippen LogP contribution in [0.3, 0.4) is 0 Å². The quantitative estimate of drug-likeness (QED) is 0.694. The van der Waals surface area contributed by atoms with Crippen LogP contribution < -0.4 is 0 Å². The molecule has 0 saturated heterocycles. The maximum atomic E-state index is 12.6. The standard InChI is InChI=1S/C18H20N2O2/c1-18(2,3)20(17(22)14-9-5-4-6-10-14)19-13-15-11-7-8-12-16(15)21/h4-13,21H,1-3H3. The summed E-state index contributed by atoms with van der Waals surface area (Å²) in [6.45, 7) is 5.74. The largest absolute Gasteiger partial charge is 0.507 e. The number of phenolic OH excluding ortho intramolecular Hbond substituents is 1. The fourth-order valence-corrected chi connectivity index (χ4v) is 1.95. The Kier molecular flexibility index (Phi) is 4.61. The normalized spacial score (nSPS) is 11.6. The number of phenols is 1. The number of hydrazone groups is 1. The van der Waals surface area contributed by atoms with E-state index in [0.717, 1.165) is 0 Å². The molecule has 1 amide bonds. The zero-order valence-corrected chi connectivity index (χ0v) is 13.0. The minimum atomic E-state index is -0.478. The van der Waals surface area contributed by atoms with Crippen molar-refractivity contribution in [2.24, 2.45) is 5.10 Å². The highest BCUT2D eigenvalue weighted by molar-refractivity contribution is 5.95. The van der Waals surface area contributed by atoms with Crippen LogP contribution in [0.1, 0.15) is 36.7 Å². The average molecular weight is 296 g/mol. The second kappa shape index (κ2) is 6.43. The van der Waals surface area contributed by atoms with Crippen LogP contribution in [0.15, 0.2) is 59.7 Å². The van der Waals surface area contributed by atoms with E-state index in [2.05, 4.69) is 5.10 Å². The highest BCUT2D eigenvalue weighted by atomic mass is 16.3. The lowest BCUT2D eigenvalue weighted by Gasteiger charge is -2.31. The van der Waals surface area contributed by atoms with Crippen LogP contribution in [0.25, 0.3) is 0 Å². The second-order valence-corrected chi connectivity index (χ2v) is 5.96. The van der Waals surface area contributed by atoms with Crippen LogP contribution >= 0.6 is 0 Å². The molecule has 0 aliphatic carbocycles. The molecule has 4 nitrogen and oxygen atoms in total. The Labute approximate surface area is 130 Å². The number of benzene rings is 2. The van der Waals surface area contributed by atoms with Gasteiger partial charge in [-0.3, -0.25) is 4.79 Å². The van der Waals surface area contributed by atoms with Gasteiger partial charge in [0.2, 0.25) is 0 Å². The van der Waals surface area contributed by atoms with E-state index in [0.29, 0.717) is 11.1 Å². The lowest BCUT2D eigenvalue weighted by atomic mass is 10.1. The minimum Gasteiger partial charge on any atom is -0.507 e. The minimum absolute atomic E-state index is 0.132. The van der Waals surface area contributed by atoms with E-state index < -0.39 is 5.54 Å². The number of aromatic hydroxyl groups is 1. The number of hydrogen-bond donors (Lipinski definition) is 1. The monoisotopic (exact) mass is 296 g/mol. The van der Waals surface area contributed by atoms with Gasteiger partial charge in [0.15, 0.2) is 0 Å². The highest BCUT2D eigenvalue weighted by Gasteiger charge is 2.27. The summed E-state index contributed by atoms with van der Waals surface area (Å²) in [5, 5.41) is 15.5. The molecule has 22 heavy (non-hydrogen) atoms. The number of nitrogens with zero attached hydrogens (tertiary/aromatic N) is 2. The molecular formula is C18H20N2O2. The predicted molar refractivity (Wildman–Crippen MR) is 88.1 cm³/mol. The van der Waals surface area contributed by atoms with Crippen LogP contribution in [-0.4, -0.2) is 27.8 Å². The van der Waals surface area contributed by atoms with E-state index in [1.54, 1.807) is 30.3 Å². The van der Waals surface area contributed by atoms with Crippen LogP contribution in [0.4, 0.5) is 0 Å². The van der Waals surface area contributed by atoms with Gasteiger partial charge in [-0.1, -0.05) is 30.3 Å². The van der Waals surface area contributed by atoms with E-state index in [9.17, 15) is 9.90 Å². The smallest absolute Gasteiger partial charge is 0.274 e. The van der Waals surface area contributed by atoms with Crippen molar-refractivity contribution >= 4 is 12.1 Å². The molecule has 2 rings (SSSR count). The van der Waals surface area contributed by atoms with Gasteiger partial charge in [-0.05, 0) is 45.0 Å². The first-order chi connectivity index (χ1) is 10.4. The summed E-state index contributed by atoms with van der Waals surface area (Å²) in [6.07, 6.45) is 1.50. The summed E-state index contributed by atoms with van der Waals surface area (Å²) in [5.41, 5.74) is 0.665. The maximum Gasteiger partial charge on any atom is 0.274 e. The topological polar surface area (TPSA) is 52.9 Å². The summed E-state index contributed by atoms with van der Waals surface area (Å²) in [5.74, 6) is -0.0490. The number of rotatable bonds is 3. The van der Waals surface area contributed by atoms with Crippen molar-refractivity contribution in [3.63, 3.8) is 0 Å². The SMILES string of the molecule is CC(C)(C)N(N=Cc1ccccc1O)C(=O)c1ccccc1. The van der Waals surface area contributed by atoms with Gasteiger partial charge in [-0.15, -0.1) is 0 Å². The van der Waals surface area contributed by atoms with E-state index in [1.807, 2.05) is 45.0 Å². The molecule has 0 atom stereocenters. The fraction of sp³-hybridized carbons (Fsp3) is 0.222. The number of amides is 1. The molecule has 4 heteroatoms. The van der Waals surface area contributed by atoms with Crippen LogP contribution in [0.5, 0.6) is 5.75 Å². The summed E-state index contributed by atoms with van der Waals surface area (Å²) in [7, 11) is 0. The van der Waals surface area contributed by atoms with Gasteiger partial charge in [-0.2, -0.15) is 5.10 Å². The summed E-state index contributed by atoms with van der Waals surface area (Å²) >= 11 is 0. The second-order valence-electron chi connectivity index (χ2n) is 5.96. The number of carbonyl (C=O) groups is 1. The molecule has 0 unspecified atom stereocenters. The first kappa shape index (κ1) is 15.8. The number of hydrogen-bond acceptors (Lipinski definition) is 3. The molecule has 0 fully saturated rings. The fourth-order valence-electron chi connectivity index (χ4n) is 1.95. The molecule has 2 aromatic carbocycles. The lowest BCUT2D eigenvalue weighted by Crippen LogP contribution is -2.41. The summed E-state index contributed by atoms with van der Waals surface area (Å²) in [4.78, 5) is 12.6. The van der Waals surface area contributed by atoms with Crippen molar-refractivity contribution in [1.82, 2.24) is 5.01 Å². The molecule has 0 saturated carbocycles. The van der Waals surface area contributed by atoms with E-state index >= 15 is 0 Å². The third-order valence-electron chi connectivity index (χ3n) is 3.10. The lowest BCUT2D eigenvalue weighted by molar-refractivity contribution is 0.0593. The highest BCUT2D eigenvalue weighted by Crippen LogP contribution is 2.19. The van der Waals surface area contributed by atoms with Gasteiger partial charge in [-0.25, -0.2) is 5.01 Å². The molecule has 0 heterocycles. The van der Waals surface area contributed by atoms with Crippen molar-refractivity contribution < 1.29 is 9.90 Å². The van der Waals surface area contributed by atoms with E-state index in [4.69, 9.17) is 0 Å². The molecule has 0 bridgehead atoms. The summed E-state index contributed by atoms with van der Waals surface area (Å²) < 4.78 is 0. The van der Waals surface area contributed by atoms with Crippen molar-refractivity contribution in [1.29, 1.82) is 0 Å². The van der Waals surface area contributed by atoms with Crippen molar-refractivity contribution in [2.75, 3.05) is 0 Å². The van der Waals surface area contributed by atoms with Crippen molar-refractivity contribution in [2.45, 2.75) is 26.3 Å². The molecule has 2 aromatic rings. The van der Waals surface area contributed by atoms with Crippen molar-refractivity contribution in [3.05, 3.63) is 65.7 Å². The Balaban J connectivity index is 2.32. The Morgan fingerprint density at radius 1 is 1.05 bits per heavy atom. The average Bonchev–Trinajstić information content (AvgIpc) is 2.48. The first-order valence-corrected chi connectivity index (χ1v) is 7.11. The Bertz CT molecular complexity index is 673. The van der Waals surface area contributed by atoms with Gasteiger partial charge < -0.3 is 5.11 Å². The Morgan fingerprint density at radius 3 is 2.23 bits per heavy atom. The maximum absolute atomic E-state index is 12.6. The molecule has 1 N–H and O–H groups in total. The molecule has 0 aromatic heterocycles. The molecule has 0 aliphatic heterocycles. The first-order valence-electron chi connectivity index (χ1n) is 7.11. The summed E-state index contributed by atoms with van der Waals surface area (Å²) in [6, 6.07) is 15.9. The van der Waals surface area contributed by atoms with Crippen molar-refractivity contribution in [3.8, 4) is 5.75 Å². The third kappa shape index (κ3) is 3.73. The van der Waals surface area contributed by atoms with Gasteiger partial charge in [0.05, 0.1) is 11.8 Å². The molecule has 114 valence electrons. The zero-order valence-electron chi connectivity index (χ0n) is 13.0. The van der Waals surface area contributed by atoms with Gasteiger partial charge >= 0.3 is 0 Å². The van der Waals surface area contributed by atoms with E-state index in [-0.39, 0.29) is 11.7 Å². The number of carbonyl (C=O) groups excluding carboxylic acids is 1. The van der Waals surface area contributed by atoms with Crippen LogP contribution in [0, 0.1) is 0 Å². The van der Waals surface area contributed by atoms with Gasteiger partial charge in [0.25, 0.3) is 5.91 Å². The zero-order chi connectivity index (χ0) is 16.2. The molecule has 0 aliphatic rings. The van der Waals surface area contributed by atoms with Gasteiger partial charge in [0.1, 0.15) is 5.75 Å². The predicted octanol–water partition coefficient (Wildman–Crippen LogP) is 3.67. The van der Waals surface area contributed by atoms with Gasteiger partial charge in [0, 0.05) is 11.1 Å². The van der Waals surface area contributed by atoms with E-state index in [1.165, 1.54) is 11.2 Å². The number of para-hydroxylation sites is 1. The molecule has 0 radical (unpaired) electrons. The van der Waals surface area contributed by atoms with Crippen LogP contribution in [-0.2, 0) is 0 Å². The Hall–Kier alpha value is -2.62. The Morgan fingerprint density at radius 2 is 1.64 bits per heavy atom. The molecular weight excluding hydrogens is 276 g/mol. The van der Waals surface area contributed by atoms with Crippen LogP contribution in [0.2, 0.25) is 0 Å².